The summed E-state index contributed by atoms with van der Waals surface area (Å²) in [4.78, 5) is 12.3. The quantitative estimate of drug-likeness (QED) is 0.881. The van der Waals surface area contributed by atoms with Crippen LogP contribution in [0.15, 0.2) is 48.5 Å². The molecule has 0 radical (unpaired) electrons. The molecule has 5 nitrogen and oxygen atoms in total. The smallest absolute Gasteiger partial charge is 0.306 e. The van der Waals surface area contributed by atoms with Crippen LogP contribution in [0.4, 0.5) is 5.69 Å². The molecule has 0 heterocycles. The van der Waals surface area contributed by atoms with Gasteiger partial charge in [0.2, 0.25) is 0 Å². The van der Waals surface area contributed by atoms with Crippen molar-refractivity contribution in [1.82, 2.24) is 0 Å². The van der Waals surface area contributed by atoms with Crippen LogP contribution < -0.4 is 9.50 Å². The molecular weight excluding hydrogens is 290 g/mol. The van der Waals surface area contributed by atoms with Gasteiger partial charge in [0, 0.05) is 5.69 Å². The number of anilines is 1. The maximum atomic E-state index is 12.3. The molecule has 110 valence electrons. The Balaban J connectivity index is 2.33. The van der Waals surface area contributed by atoms with Gasteiger partial charge < -0.3 is 9.50 Å². The molecule has 0 fully saturated rings. The topological polar surface area (TPSA) is 72.5 Å². The van der Waals surface area contributed by atoms with Gasteiger partial charge in [0.15, 0.2) is 5.75 Å². The Labute approximate surface area is 123 Å². The number of rotatable bonds is 4. The lowest BCUT2D eigenvalue weighted by Crippen LogP contribution is -2.15. The molecular formula is C15H15NO4S. The minimum absolute atomic E-state index is 0.0107. The Kier molecular flexibility index (Phi) is 4.28. The predicted octanol–water partition coefficient (Wildman–Crippen LogP) is 2.59. The summed E-state index contributed by atoms with van der Waals surface area (Å²) in [7, 11) is -3.70. The molecule has 2 aromatic carbocycles. The first-order valence-electron chi connectivity index (χ1n) is 6.22. The Hall–Kier alpha value is -2.34. The van der Waals surface area contributed by atoms with Crippen molar-refractivity contribution in [1.29, 1.82) is 0 Å². The van der Waals surface area contributed by atoms with Crippen molar-refractivity contribution < 1.29 is 17.4 Å². The van der Waals surface area contributed by atoms with Crippen molar-refractivity contribution in [2.75, 3.05) is 11.6 Å². The average Bonchev–Trinajstić information content (AvgIpc) is 2.40. The van der Waals surface area contributed by atoms with E-state index in [1.165, 1.54) is 6.07 Å². The molecule has 0 unspecified atom stereocenters. The molecule has 0 saturated heterocycles. The molecule has 0 aliphatic carbocycles. The Bertz CT molecular complexity index is 754. The number of hydrogen-bond acceptors (Lipinski definition) is 4. The predicted molar refractivity (Wildman–Crippen MR) is 81.0 cm³/mol. The van der Waals surface area contributed by atoms with Gasteiger partial charge in [-0.3, -0.25) is 4.79 Å². The lowest BCUT2D eigenvalue weighted by molar-refractivity contribution is 0.102. The van der Waals surface area contributed by atoms with E-state index in [1.54, 1.807) is 36.4 Å². The fourth-order valence-corrected chi connectivity index (χ4v) is 2.25. The third kappa shape index (κ3) is 4.32. The van der Waals surface area contributed by atoms with E-state index < -0.39 is 16.0 Å². The standard InChI is InChI=1S/C15H15NO4S/c1-11-8-9-14(20-21(2,18)19)13(10-11)15(17)16-12-6-4-3-5-7-12/h3-10H,1-2H3,(H,16,17). The Morgan fingerprint density at radius 3 is 2.38 bits per heavy atom. The van der Waals surface area contributed by atoms with Crippen LogP contribution in [-0.2, 0) is 10.1 Å². The Morgan fingerprint density at radius 1 is 1.10 bits per heavy atom. The molecule has 0 saturated carbocycles. The van der Waals surface area contributed by atoms with E-state index >= 15 is 0 Å². The van der Waals surface area contributed by atoms with Crippen LogP contribution >= 0.6 is 0 Å². The van der Waals surface area contributed by atoms with Gasteiger partial charge in [-0.15, -0.1) is 0 Å². The Morgan fingerprint density at radius 2 is 1.76 bits per heavy atom. The normalized spacial score (nSPS) is 11.0. The van der Waals surface area contributed by atoms with Crippen LogP contribution in [0.1, 0.15) is 15.9 Å². The van der Waals surface area contributed by atoms with Gasteiger partial charge >= 0.3 is 10.1 Å². The zero-order valence-corrected chi connectivity index (χ0v) is 12.5. The lowest BCUT2D eigenvalue weighted by Gasteiger charge is -2.11. The van der Waals surface area contributed by atoms with Gasteiger partial charge in [-0.25, -0.2) is 0 Å². The number of hydrogen-bond donors (Lipinski definition) is 1. The maximum Gasteiger partial charge on any atom is 0.306 e. The van der Waals surface area contributed by atoms with Crippen LogP contribution in [0.3, 0.4) is 0 Å². The van der Waals surface area contributed by atoms with E-state index in [0.29, 0.717) is 5.69 Å². The van der Waals surface area contributed by atoms with Gasteiger partial charge in [-0.1, -0.05) is 29.8 Å². The minimum atomic E-state index is -3.70. The van der Waals surface area contributed by atoms with Crippen LogP contribution in [-0.4, -0.2) is 20.6 Å². The zero-order chi connectivity index (χ0) is 15.5. The van der Waals surface area contributed by atoms with Gasteiger partial charge in [-0.2, -0.15) is 8.42 Å². The summed E-state index contributed by atoms with van der Waals surface area (Å²) in [6.07, 6.45) is 0.936. The van der Waals surface area contributed by atoms with Gasteiger partial charge in [-0.05, 0) is 31.2 Å². The summed E-state index contributed by atoms with van der Waals surface area (Å²) in [5.74, 6) is -0.417. The van der Waals surface area contributed by atoms with Gasteiger partial charge in [0.25, 0.3) is 5.91 Å². The molecule has 0 spiro atoms. The minimum Gasteiger partial charge on any atom is -0.382 e. The fourth-order valence-electron chi connectivity index (χ4n) is 1.78. The van der Waals surface area contributed by atoms with Crippen LogP contribution in [0.2, 0.25) is 0 Å². The number of para-hydroxylation sites is 1. The number of nitrogens with one attached hydrogen (secondary N) is 1. The van der Waals surface area contributed by atoms with E-state index in [9.17, 15) is 13.2 Å². The molecule has 0 aliphatic heterocycles. The molecule has 1 amide bonds. The number of carbonyl (C=O) groups is 1. The fraction of sp³-hybridized carbons (Fsp3) is 0.133. The van der Waals surface area contributed by atoms with Crippen LogP contribution in [0.25, 0.3) is 0 Å². The van der Waals surface area contributed by atoms with Gasteiger partial charge in [0.1, 0.15) is 0 Å². The third-order valence-electron chi connectivity index (χ3n) is 2.65. The summed E-state index contributed by atoms with van der Waals surface area (Å²) in [6.45, 7) is 1.81. The van der Waals surface area contributed by atoms with Crippen LogP contribution in [0, 0.1) is 6.92 Å². The van der Waals surface area contributed by atoms with E-state index in [-0.39, 0.29) is 11.3 Å². The maximum absolute atomic E-state index is 12.3. The monoisotopic (exact) mass is 305 g/mol. The number of amides is 1. The highest BCUT2D eigenvalue weighted by Gasteiger charge is 2.16. The molecule has 0 aromatic heterocycles. The molecule has 0 atom stereocenters. The first kappa shape index (κ1) is 15.1. The molecule has 2 rings (SSSR count). The van der Waals surface area contributed by atoms with E-state index in [1.807, 2.05) is 13.0 Å². The molecule has 0 aliphatic rings. The first-order valence-corrected chi connectivity index (χ1v) is 8.03. The third-order valence-corrected chi connectivity index (χ3v) is 3.13. The van der Waals surface area contributed by atoms with E-state index in [2.05, 4.69) is 5.32 Å². The second kappa shape index (κ2) is 5.97. The summed E-state index contributed by atoms with van der Waals surface area (Å²) >= 11 is 0. The molecule has 1 N–H and O–H groups in total. The zero-order valence-electron chi connectivity index (χ0n) is 11.7. The van der Waals surface area contributed by atoms with Crippen molar-refractivity contribution in [2.45, 2.75) is 6.92 Å². The second-order valence-corrected chi connectivity index (χ2v) is 6.18. The lowest BCUT2D eigenvalue weighted by atomic mass is 10.1. The molecule has 2 aromatic rings. The van der Waals surface area contributed by atoms with Crippen molar-refractivity contribution >= 4 is 21.7 Å². The summed E-state index contributed by atoms with van der Waals surface area (Å²) in [6, 6.07) is 13.6. The highest BCUT2D eigenvalue weighted by atomic mass is 32.2. The number of benzene rings is 2. The first-order chi connectivity index (χ1) is 9.85. The largest absolute Gasteiger partial charge is 0.382 e. The molecule has 0 bridgehead atoms. The molecule has 6 heteroatoms. The van der Waals surface area contributed by atoms with Crippen molar-refractivity contribution in [3.63, 3.8) is 0 Å². The summed E-state index contributed by atoms with van der Waals surface area (Å²) < 4.78 is 27.4. The molecule has 21 heavy (non-hydrogen) atoms. The summed E-state index contributed by atoms with van der Waals surface area (Å²) in [5, 5.41) is 2.70. The van der Waals surface area contributed by atoms with Gasteiger partial charge in [0.05, 0.1) is 11.8 Å². The highest BCUT2D eigenvalue weighted by Crippen LogP contribution is 2.22. The van der Waals surface area contributed by atoms with Crippen molar-refractivity contribution in [3.05, 3.63) is 59.7 Å². The summed E-state index contributed by atoms with van der Waals surface area (Å²) in [5.41, 5.74) is 1.62. The SMILES string of the molecule is Cc1ccc(OS(C)(=O)=O)c(C(=O)Nc2ccccc2)c1. The number of carbonyl (C=O) groups excluding carboxylic acids is 1. The number of aryl methyl sites for hydroxylation is 1. The van der Waals surface area contributed by atoms with Crippen LogP contribution in [0.5, 0.6) is 5.75 Å². The van der Waals surface area contributed by atoms with E-state index in [4.69, 9.17) is 4.18 Å². The van der Waals surface area contributed by atoms with Crippen molar-refractivity contribution in [2.24, 2.45) is 0 Å². The van der Waals surface area contributed by atoms with Crippen molar-refractivity contribution in [3.8, 4) is 5.75 Å². The highest BCUT2D eigenvalue weighted by molar-refractivity contribution is 7.86. The second-order valence-electron chi connectivity index (χ2n) is 4.61. The average molecular weight is 305 g/mol. The van der Waals surface area contributed by atoms with E-state index in [0.717, 1.165) is 11.8 Å².